The Kier molecular flexibility index (Phi) is 5.84. The first-order valence-electron chi connectivity index (χ1n) is 10.1. The van der Waals surface area contributed by atoms with Crippen LogP contribution in [0.5, 0.6) is 17.4 Å². The molecule has 9 heteroatoms. The maximum atomic E-state index is 12.1. The number of ether oxygens (including phenoxy) is 3. The van der Waals surface area contributed by atoms with E-state index >= 15 is 0 Å². The molecule has 1 aromatic heterocycles. The topological polar surface area (TPSA) is 109 Å². The van der Waals surface area contributed by atoms with Crippen molar-refractivity contribution in [1.29, 1.82) is 0 Å². The van der Waals surface area contributed by atoms with E-state index in [9.17, 15) is 4.21 Å². The average molecular weight is 455 g/mol. The largest absolute Gasteiger partial charge is 0.490 e. The zero-order valence-corrected chi connectivity index (χ0v) is 19.1. The van der Waals surface area contributed by atoms with Crippen LogP contribution in [0.25, 0.3) is 11.3 Å². The van der Waals surface area contributed by atoms with Crippen molar-refractivity contribution < 1.29 is 18.4 Å². The average Bonchev–Trinajstić information content (AvgIpc) is 2.73. The van der Waals surface area contributed by atoms with Crippen molar-refractivity contribution in [2.75, 3.05) is 29.9 Å². The van der Waals surface area contributed by atoms with Gasteiger partial charge in [0.2, 0.25) is 0 Å². The lowest BCUT2D eigenvalue weighted by molar-refractivity contribution is 0.195. The fraction of sp³-hybridized carbons (Fsp3) is 0.261. The molecular formula is C23H26N4O4S. The number of nitrogens with one attached hydrogen (secondary N) is 1. The molecule has 0 saturated carbocycles. The third kappa shape index (κ3) is 4.88. The molecule has 1 aliphatic heterocycles. The lowest BCUT2D eigenvalue weighted by Gasteiger charge is -2.19. The minimum absolute atomic E-state index is 0.177. The van der Waals surface area contributed by atoms with Gasteiger partial charge in [-0.1, -0.05) is 11.6 Å². The first-order valence-corrected chi connectivity index (χ1v) is 12.2. The number of hydrogen-bond donors (Lipinski definition) is 2. The molecule has 2 heterocycles. The maximum Gasteiger partial charge on any atom is 0.258 e. The lowest BCUT2D eigenvalue weighted by Crippen LogP contribution is -2.12. The third-order valence-electron chi connectivity index (χ3n) is 4.85. The Hall–Kier alpha value is -3.46. The summed E-state index contributed by atoms with van der Waals surface area (Å²) in [5, 5.41) is 0. The van der Waals surface area contributed by atoms with Gasteiger partial charge in [0.25, 0.3) is 5.88 Å². The molecule has 2 aromatic carbocycles. The first-order chi connectivity index (χ1) is 15.2. The Morgan fingerprint density at radius 1 is 1.16 bits per heavy atom. The first kappa shape index (κ1) is 21.8. The van der Waals surface area contributed by atoms with Gasteiger partial charge in [0, 0.05) is 32.8 Å². The molecule has 8 nitrogen and oxygen atoms in total. The van der Waals surface area contributed by atoms with Crippen LogP contribution in [-0.4, -0.2) is 39.5 Å². The van der Waals surface area contributed by atoms with E-state index in [4.69, 9.17) is 19.9 Å². The molecule has 3 N–H and O–H groups in total. The number of benzene rings is 2. The number of nitrogens with zero attached hydrogens (tertiary/aromatic N) is 2. The van der Waals surface area contributed by atoms with Crippen molar-refractivity contribution in [2.45, 2.75) is 20.0 Å². The fourth-order valence-electron chi connectivity index (χ4n) is 3.42. The quantitative estimate of drug-likeness (QED) is 0.569. The number of aryl methyl sites for hydroxylation is 1. The lowest BCUT2D eigenvalue weighted by atomic mass is 10.1. The number of rotatable bonds is 2. The normalized spacial score (nSPS) is 17.4. The Labute approximate surface area is 187 Å². The van der Waals surface area contributed by atoms with Crippen molar-refractivity contribution in [2.24, 2.45) is 0 Å². The van der Waals surface area contributed by atoms with Crippen LogP contribution in [0.4, 0.5) is 11.5 Å². The van der Waals surface area contributed by atoms with E-state index in [1.165, 1.54) is 6.26 Å². The highest BCUT2D eigenvalue weighted by Gasteiger charge is 2.20. The zero-order chi connectivity index (χ0) is 22.9. The summed E-state index contributed by atoms with van der Waals surface area (Å²) < 4.78 is 33.1. The summed E-state index contributed by atoms with van der Waals surface area (Å²) in [4.78, 5) is 8.89. The summed E-state index contributed by atoms with van der Waals surface area (Å²) >= 11 is 0. The molecule has 3 aromatic rings. The van der Waals surface area contributed by atoms with E-state index in [1.54, 1.807) is 24.4 Å². The highest BCUT2D eigenvalue weighted by Crippen LogP contribution is 2.36. The van der Waals surface area contributed by atoms with E-state index in [0.717, 1.165) is 11.1 Å². The van der Waals surface area contributed by atoms with Crippen LogP contribution in [0.1, 0.15) is 24.2 Å². The van der Waals surface area contributed by atoms with Gasteiger partial charge in [0.15, 0.2) is 5.82 Å². The molecule has 0 saturated heterocycles. The van der Waals surface area contributed by atoms with Gasteiger partial charge < -0.3 is 24.7 Å². The van der Waals surface area contributed by atoms with Crippen LogP contribution in [-0.2, 0) is 9.71 Å². The number of fused-ring (bicyclic) bond motifs is 5. The monoisotopic (exact) mass is 454 g/mol. The second-order valence-corrected chi connectivity index (χ2v) is 9.98. The van der Waals surface area contributed by atoms with E-state index in [0.29, 0.717) is 41.7 Å². The molecule has 32 heavy (non-hydrogen) atoms. The second-order valence-electron chi connectivity index (χ2n) is 7.76. The van der Waals surface area contributed by atoms with Gasteiger partial charge in [0.05, 0.1) is 11.9 Å². The number of nitrogens with two attached hydrogens (primary N) is 1. The third-order valence-corrected chi connectivity index (χ3v) is 5.51. The summed E-state index contributed by atoms with van der Waals surface area (Å²) in [6, 6.07) is 11.3. The molecule has 2 atom stereocenters. The summed E-state index contributed by atoms with van der Waals surface area (Å²) in [5.74, 6) is 5.32. The number of hydrogen-bond acceptors (Lipinski definition) is 7. The van der Waals surface area contributed by atoms with Crippen LogP contribution >= 0.6 is 0 Å². The van der Waals surface area contributed by atoms with Gasteiger partial charge in [-0.2, -0.15) is 0 Å². The van der Waals surface area contributed by atoms with Crippen molar-refractivity contribution in [3.05, 3.63) is 53.7 Å². The Bertz CT molecular complexity index is 1260. The van der Waals surface area contributed by atoms with Gasteiger partial charge in [0.1, 0.15) is 30.8 Å². The van der Waals surface area contributed by atoms with Gasteiger partial charge in [-0.05, 0) is 50.0 Å². The van der Waals surface area contributed by atoms with E-state index in [-0.39, 0.29) is 17.8 Å². The molecule has 168 valence electrons. The molecule has 2 bridgehead atoms. The molecule has 4 rings (SSSR count). The highest BCUT2D eigenvalue weighted by atomic mass is 32.2. The van der Waals surface area contributed by atoms with Crippen LogP contribution in [0.3, 0.4) is 0 Å². The van der Waals surface area contributed by atoms with E-state index in [2.05, 4.69) is 20.6 Å². The SMILES string of the molecule is C=S(C)(=O)Nc1ccc2c(c1)-c1cnc(N)c(n1)OC(C)c1cc(C)ccc1OCCO2. The smallest absolute Gasteiger partial charge is 0.258 e. The van der Waals surface area contributed by atoms with Gasteiger partial charge in [-0.25, -0.2) is 14.2 Å². The number of aromatic nitrogens is 2. The van der Waals surface area contributed by atoms with Gasteiger partial charge in [-0.3, -0.25) is 0 Å². The molecule has 1 aliphatic rings. The predicted molar refractivity (Wildman–Crippen MR) is 128 cm³/mol. The van der Waals surface area contributed by atoms with Crippen molar-refractivity contribution in [1.82, 2.24) is 9.97 Å². The standard InChI is InChI=1S/C23H26N4O4S/c1-14-5-7-20-17(11-14)15(2)31-23-22(24)25-13-19(26-23)18-12-16(27-32(3,4)28)6-8-21(18)30-10-9-29-20/h5-8,11-13,15H,3,9-10H2,1-2,4H3,(H2,24,25)(H,27,28). The minimum Gasteiger partial charge on any atom is -0.490 e. The summed E-state index contributed by atoms with van der Waals surface area (Å²) in [5.41, 5.74) is 9.82. The Balaban J connectivity index is 1.81. The molecule has 0 fully saturated rings. The van der Waals surface area contributed by atoms with E-state index in [1.807, 2.05) is 32.0 Å². The van der Waals surface area contributed by atoms with Crippen LogP contribution in [0.2, 0.25) is 0 Å². The molecular weight excluding hydrogens is 428 g/mol. The molecule has 0 radical (unpaired) electrons. The summed E-state index contributed by atoms with van der Waals surface area (Å²) in [7, 11) is -2.46. The van der Waals surface area contributed by atoms with Crippen molar-refractivity contribution in [3.8, 4) is 28.6 Å². The molecule has 0 aliphatic carbocycles. The van der Waals surface area contributed by atoms with Crippen LogP contribution in [0, 0.1) is 6.92 Å². The minimum atomic E-state index is -2.46. The van der Waals surface area contributed by atoms with E-state index < -0.39 is 9.71 Å². The fourth-order valence-corrected chi connectivity index (χ4v) is 4.04. The second kappa shape index (κ2) is 8.58. The zero-order valence-electron chi connectivity index (χ0n) is 18.3. The van der Waals surface area contributed by atoms with Gasteiger partial charge >= 0.3 is 0 Å². The summed E-state index contributed by atoms with van der Waals surface area (Å²) in [6.07, 6.45) is 2.71. The predicted octanol–water partition coefficient (Wildman–Crippen LogP) is 3.62. The Morgan fingerprint density at radius 2 is 1.88 bits per heavy atom. The summed E-state index contributed by atoms with van der Waals surface area (Å²) in [6.45, 7) is 4.58. The highest BCUT2D eigenvalue weighted by molar-refractivity contribution is 8.00. The number of nitrogen functional groups attached to an aromatic ring is 1. The van der Waals surface area contributed by atoms with Crippen LogP contribution in [0.15, 0.2) is 42.6 Å². The Morgan fingerprint density at radius 3 is 2.62 bits per heavy atom. The van der Waals surface area contributed by atoms with Crippen molar-refractivity contribution >= 4 is 27.1 Å². The molecule has 0 spiro atoms. The molecule has 2 unspecified atom stereocenters. The number of anilines is 2. The van der Waals surface area contributed by atoms with Gasteiger partial charge in [-0.15, -0.1) is 0 Å². The van der Waals surface area contributed by atoms with Crippen LogP contribution < -0.4 is 24.7 Å². The maximum absolute atomic E-state index is 12.1. The molecule has 0 amide bonds. The van der Waals surface area contributed by atoms with Crippen molar-refractivity contribution in [3.63, 3.8) is 0 Å².